The summed E-state index contributed by atoms with van der Waals surface area (Å²) in [5.74, 6) is -0.0946. The number of nitrogens with zero attached hydrogens (tertiary/aromatic N) is 1. The fourth-order valence-electron chi connectivity index (χ4n) is 2.50. The first-order chi connectivity index (χ1) is 8.77. The number of nitrogens with one attached hydrogen (secondary N) is 1. The van der Waals surface area contributed by atoms with Crippen molar-refractivity contribution in [3.8, 4) is 0 Å². The van der Waals surface area contributed by atoms with Crippen molar-refractivity contribution in [2.75, 3.05) is 19.7 Å². The number of aromatic nitrogens is 1. The predicted molar refractivity (Wildman–Crippen MR) is 76.4 cm³/mol. The summed E-state index contributed by atoms with van der Waals surface area (Å²) >= 11 is 0. The average Bonchev–Trinajstić information content (AvgIpc) is 2.41. The molecule has 0 spiro atoms. The number of halogens is 1. The molecule has 0 amide bonds. The Morgan fingerprint density at radius 1 is 1.53 bits per heavy atom. The van der Waals surface area contributed by atoms with E-state index in [9.17, 15) is 4.79 Å². The van der Waals surface area contributed by atoms with Gasteiger partial charge < -0.3 is 10.1 Å². The van der Waals surface area contributed by atoms with E-state index < -0.39 is 5.41 Å². The second-order valence-corrected chi connectivity index (χ2v) is 4.78. The van der Waals surface area contributed by atoms with Gasteiger partial charge >= 0.3 is 5.97 Å². The van der Waals surface area contributed by atoms with Crippen molar-refractivity contribution in [1.82, 2.24) is 10.3 Å². The molecule has 2 heterocycles. The number of ether oxygens (including phenoxy) is 1. The van der Waals surface area contributed by atoms with Gasteiger partial charge in [-0.1, -0.05) is 6.07 Å². The molecule has 1 saturated heterocycles. The van der Waals surface area contributed by atoms with E-state index >= 15 is 0 Å². The lowest BCUT2D eigenvalue weighted by atomic mass is 9.76. The Kier molecular flexibility index (Phi) is 6.25. The van der Waals surface area contributed by atoms with E-state index in [0.717, 1.165) is 25.1 Å². The SMILES string of the molecule is CCOC(=O)C1(Cc2ccccn2)CCCNC1.Cl. The molecule has 0 bridgehead atoms. The number of piperidine rings is 1. The van der Waals surface area contributed by atoms with Crippen LogP contribution in [0.3, 0.4) is 0 Å². The minimum atomic E-state index is -0.442. The molecule has 19 heavy (non-hydrogen) atoms. The molecule has 1 aromatic rings. The number of hydrogen-bond donors (Lipinski definition) is 1. The molecular formula is C14H21ClN2O2. The second-order valence-electron chi connectivity index (χ2n) is 4.78. The van der Waals surface area contributed by atoms with E-state index in [2.05, 4.69) is 10.3 Å². The van der Waals surface area contributed by atoms with Crippen molar-refractivity contribution >= 4 is 18.4 Å². The largest absolute Gasteiger partial charge is 0.466 e. The maximum atomic E-state index is 12.2. The smallest absolute Gasteiger partial charge is 0.313 e. The van der Waals surface area contributed by atoms with Crippen LogP contribution in [0.25, 0.3) is 0 Å². The Balaban J connectivity index is 0.00000180. The standard InChI is InChI=1S/C14H20N2O2.ClH/c1-2-18-13(17)14(7-5-8-15-11-14)10-12-6-3-4-9-16-12;/h3-4,6,9,15H,2,5,7-8,10-11H2,1H3;1H. The Hall–Kier alpha value is -1.13. The van der Waals surface area contributed by atoms with Crippen LogP contribution >= 0.6 is 12.4 Å². The number of esters is 1. The molecule has 1 N–H and O–H groups in total. The van der Waals surface area contributed by atoms with Gasteiger partial charge in [0.25, 0.3) is 0 Å². The summed E-state index contributed by atoms with van der Waals surface area (Å²) in [4.78, 5) is 16.6. The highest BCUT2D eigenvalue weighted by atomic mass is 35.5. The van der Waals surface area contributed by atoms with Gasteiger partial charge in [0.1, 0.15) is 0 Å². The van der Waals surface area contributed by atoms with Crippen LogP contribution in [0.2, 0.25) is 0 Å². The van der Waals surface area contributed by atoms with Gasteiger partial charge in [0, 0.05) is 24.9 Å². The fourth-order valence-corrected chi connectivity index (χ4v) is 2.50. The molecule has 1 unspecified atom stereocenters. The molecule has 5 heteroatoms. The van der Waals surface area contributed by atoms with Gasteiger partial charge in [-0.25, -0.2) is 0 Å². The van der Waals surface area contributed by atoms with E-state index in [4.69, 9.17) is 4.74 Å². The quantitative estimate of drug-likeness (QED) is 0.859. The van der Waals surface area contributed by atoms with E-state index in [1.165, 1.54) is 0 Å². The first-order valence-electron chi connectivity index (χ1n) is 6.55. The van der Waals surface area contributed by atoms with Crippen molar-refractivity contribution in [3.05, 3.63) is 30.1 Å². The van der Waals surface area contributed by atoms with E-state index in [1.807, 2.05) is 25.1 Å². The lowest BCUT2D eigenvalue weighted by Crippen LogP contribution is -2.48. The third-order valence-corrected chi connectivity index (χ3v) is 3.43. The summed E-state index contributed by atoms with van der Waals surface area (Å²) in [6.07, 6.45) is 4.30. The minimum Gasteiger partial charge on any atom is -0.466 e. The van der Waals surface area contributed by atoms with Gasteiger partial charge in [0.15, 0.2) is 0 Å². The normalized spacial score (nSPS) is 22.4. The summed E-state index contributed by atoms with van der Waals surface area (Å²) in [7, 11) is 0. The maximum Gasteiger partial charge on any atom is 0.313 e. The highest BCUT2D eigenvalue weighted by molar-refractivity contribution is 5.85. The Bertz CT molecular complexity index is 392. The van der Waals surface area contributed by atoms with Crippen molar-refractivity contribution < 1.29 is 9.53 Å². The molecular weight excluding hydrogens is 264 g/mol. The average molecular weight is 285 g/mol. The second kappa shape index (κ2) is 7.46. The molecule has 106 valence electrons. The van der Waals surface area contributed by atoms with Gasteiger partial charge in [-0.2, -0.15) is 0 Å². The van der Waals surface area contributed by atoms with Crippen LogP contribution < -0.4 is 5.32 Å². The molecule has 1 aliphatic heterocycles. The van der Waals surface area contributed by atoms with E-state index in [0.29, 0.717) is 19.6 Å². The Morgan fingerprint density at radius 3 is 2.95 bits per heavy atom. The summed E-state index contributed by atoms with van der Waals surface area (Å²) in [6, 6.07) is 5.81. The molecule has 0 saturated carbocycles. The molecule has 4 nitrogen and oxygen atoms in total. The van der Waals surface area contributed by atoms with Crippen LogP contribution in [-0.4, -0.2) is 30.6 Å². The number of pyridine rings is 1. The molecule has 1 fully saturated rings. The zero-order chi connectivity index (χ0) is 12.8. The van der Waals surface area contributed by atoms with Crippen LogP contribution in [0.4, 0.5) is 0 Å². The van der Waals surface area contributed by atoms with Crippen LogP contribution in [0.1, 0.15) is 25.5 Å². The summed E-state index contributed by atoms with van der Waals surface area (Å²) < 4.78 is 5.25. The lowest BCUT2D eigenvalue weighted by molar-refractivity contribution is -0.156. The topological polar surface area (TPSA) is 51.2 Å². The molecule has 1 atom stereocenters. The minimum absolute atomic E-state index is 0. The molecule has 1 aliphatic rings. The summed E-state index contributed by atoms with van der Waals surface area (Å²) in [6.45, 7) is 3.94. The molecule has 0 aliphatic carbocycles. The van der Waals surface area contributed by atoms with Crippen LogP contribution in [0.5, 0.6) is 0 Å². The first kappa shape index (κ1) is 15.9. The lowest BCUT2D eigenvalue weighted by Gasteiger charge is -2.35. The monoisotopic (exact) mass is 284 g/mol. The van der Waals surface area contributed by atoms with E-state index in [1.54, 1.807) is 6.20 Å². The third kappa shape index (κ3) is 3.91. The summed E-state index contributed by atoms with van der Waals surface area (Å²) in [5.41, 5.74) is 0.511. The highest BCUT2D eigenvalue weighted by Crippen LogP contribution is 2.31. The van der Waals surface area contributed by atoms with Crippen molar-refractivity contribution in [1.29, 1.82) is 0 Å². The van der Waals surface area contributed by atoms with Crippen LogP contribution in [0, 0.1) is 5.41 Å². The molecule has 0 radical (unpaired) electrons. The van der Waals surface area contributed by atoms with Crippen molar-refractivity contribution in [2.45, 2.75) is 26.2 Å². The van der Waals surface area contributed by atoms with Gasteiger partial charge in [-0.3, -0.25) is 9.78 Å². The molecule has 1 aromatic heterocycles. The van der Waals surface area contributed by atoms with Crippen molar-refractivity contribution in [2.24, 2.45) is 5.41 Å². The maximum absolute atomic E-state index is 12.2. The predicted octanol–water partition coefficient (Wildman–Crippen LogP) is 1.98. The number of hydrogen-bond acceptors (Lipinski definition) is 4. The molecule has 2 rings (SSSR count). The molecule has 0 aromatic carbocycles. The fraction of sp³-hybridized carbons (Fsp3) is 0.571. The number of carbonyl (C=O) groups is 1. The Morgan fingerprint density at radius 2 is 2.37 bits per heavy atom. The zero-order valence-electron chi connectivity index (χ0n) is 11.2. The van der Waals surface area contributed by atoms with Gasteiger partial charge in [-0.15, -0.1) is 12.4 Å². The number of rotatable bonds is 4. The highest BCUT2D eigenvalue weighted by Gasteiger charge is 2.41. The van der Waals surface area contributed by atoms with Gasteiger partial charge in [0.2, 0.25) is 0 Å². The van der Waals surface area contributed by atoms with Gasteiger partial charge in [0.05, 0.1) is 12.0 Å². The zero-order valence-corrected chi connectivity index (χ0v) is 12.0. The van der Waals surface area contributed by atoms with Crippen LogP contribution in [0.15, 0.2) is 24.4 Å². The van der Waals surface area contributed by atoms with Crippen LogP contribution in [-0.2, 0) is 16.0 Å². The number of carbonyl (C=O) groups excluding carboxylic acids is 1. The Labute approximate surface area is 120 Å². The van der Waals surface area contributed by atoms with E-state index in [-0.39, 0.29) is 18.4 Å². The third-order valence-electron chi connectivity index (χ3n) is 3.43. The van der Waals surface area contributed by atoms with Gasteiger partial charge in [-0.05, 0) is 38.4 Å². The summed E-state index contributed by atoms with van der Waals surface area (Å²) in [5, 5.41) is 3.31. The first-order valence-corrected chi connectivity index (χ1v) is 6.55. The van der Waals surface area contributed by atoms with Crippen molar-refractivity contribution in [3.63, 3.8) is 0 Å².